The molecule has 7 heteroatoms. The molecule has 1 aliphatic heterocycles. The Morgan fingerprint density at radius 3 is 2.58 bits per heavy atom. The van der Waals surface area contributed by atoms with Crippen molar-refractivity contribution < 1.29 is 9.53 Å². The quantitative estimate of drug-likeness (QED) is 0.585. The van der Waals surface area contributed by atoms with Crippen LogP contribution < -0.4 is 4.74 Å². The van der Waals surface area contributed by atoms with Crippen LogP contribution in [0.2, 0.25) is 0 Å². The number of amides is 1. The first-order valence-electron chi connectivity index (χ1n) is 10.7. The fraction of sp³-hybridized carbons (Fsp3) is 0.417. The zero-order valence-corrected chi connectivity index (χ0v) is 19.5. The van der Waals surface area contributed by atoms with Crippen molar-refractivity contribution in [2.45, 2.75) is 33.9 Å². The predicted molar refractivity (Wildman–Crippen MR) is 124 cm³/mol. The lowest BCUT2D eigenvalue weighted by Gasteiger charge is -2.34. The van der Waals surface area contributed by atoms with Crippen molar-refractivity contribution in [1.29, 1.82) is 0 Å². The van der Waals surface area contributed by atoms with Crippen molar-refractivity contribution in [1.82, 2.24) is 19.6 Å². The van der Waals surface area contributed by atoms with E-state index in [-0.39, 0.29) is 5.91 Å². The average Bonchev–Trinajstić information content (AvgIpc) is 3.38. The summed E-state index contributed by atoms with van der Waals surface area (Å²) in [6.07, 6.45) is 3.96. The summed E-state index contributed by atoms with van der Waals surface area (Å²) in [5.41, 5.74) is 5.86. The van der Waals surface area contributed by atoms with Gasteiger partial charge in [-0.3, -0.25) is 14.4 Å². The van der Waals surface area contributed by atoms with E-state index in [2.05, 4.69) is 42.9 Å². The molecule has 164 valence electrons. The third kappa shape index (κ3) is 5.17. The van der Waals surface area contributed by atoms with Crippen molar-refractivity contribution in [3.05, 3.63) is 68.7 Å². The van der Waals surface area contributed by atoms with Gasteiger partial charge in [-0.15, -0.1) is 11.3 Å². The number of aromatic nitrogens is 2. The van der Waals surface area contributed by atoms with Crippen LogP contribution in [0.1, 0.15) is 37.5 Å². The molecule has 1 aromatic carbocycles. The molecule has 0 saturated carbocycles. The van der Waals surface area contributed by atoms with Crippen LogP contribution in [0.4, 0.5) is 0 Å². The monoisotopic (exact) mass is 438 g/mol. The highest BCUT2D eigenvalue weighted by atomic mass is 32.1. The summed E-state index contributed by atoms with van der Waals surface area (Å²) in [5, 5.41) is 6.26. The molecular formula is C24H30N4O2S. The summed E-state index contributed by atoms with van der Waals surface area (Å²) in [6.45, 7) is 10.9. The van der Waals surface area contributed by atoms with Gasteiger partial charge < -0.3 is 9.64 Å². The van der Waals surface area contributed by atoms with E-state index in [1.165, 1.54) is 33.6 Å². The van der Waals surface area contributed by atoms with Gasteiger partial charge in [0.2, 0.25) is 0 Å². The van der Waals surface area contributed by atoms with Gasteiger partial charge in [0.1, 0.15) is 12.4 Å². The Balaban J connectivity index is 1.30. The van der Waals surface area contributed by atoms with Crippen molar-refractivity contribution in [3.8, 4) is 5.75 Å². The second kappa shape index (κ2) is 9.24. The first-order chi connectivity index (χ1) is 14.9. The number of carbonyl (C=O) groups excluding carboxylic acids is 1. The minimum atomic E-state index is 0.125. The van der Waals surface area contributed by atoms with Crippen LogP contribution in [0.5, 0.6) is 5.75 Å². The predicted octanol–water partition coefficient (Wildman–Crippen LogP) is 3.94. The first-order valence-corrected chi connectivity index (χ1v) is 11.5. The molecule has 0 N–H and O–H groups in total. The lowest BCUT2D eigenvalue weighted by molar-refractivity contribution is 0.0633. The summed E-state index contributed by atoms with van der Waals surface area (Å²) in [5.74, 6) is 1.04. The number of piperazine rings is 1. The van der Waals surface area contributed by atoms with Crippen LogP contribution in [0.25, 0.3) is 0 Å². The topological polar surface area (TPSA) is 50.6 Å². The van der Waals surface area contributed by atoms with E-state index < -0.39 is 0 Å². The van der Waals surface area contributed by atoms with Gasteiger partial charge in [-0.2, -0.15) is 5.10 Å². The summed E-state index contributed by atoms with van der Waals surface area (Å²) >= 11 is 1.51. The largest absolute Gasteiger partial charge is 0.489 e. The summed E-state index contributed by atoms with van der Waals surface area (Å²) < 4.78 is 7.89. The van der Waals surface area contributed by atoms with Crippen LogP contribution in [0.15, 0.2) is 36.0 Å². The average molecular weight is 439 g/mol. The number of hydrogen-bond donors (Lipinski definition) is 0. The highest BCUT2D eigenvalue weighted by Crippen LogP contribution is 2.25. The van der Waals surface area contributed by atoms with E-state index in [9.17, 15) is 4.79 Å². The number of ether oxygens (including phenoxy) is 1. The molecule has 0 aliphatic carbocycles. The molecule has 2 aromatic heterocycles. The zero-order valence-electron chi connectivity index (χ0n) is 18.7. The fourth-order valence-corrected chi connectivity index (χ4v) is 4.82. The number of hydrogen-bond acceptors (Lipinski definition) is 5. The lowest BCUT2D eigenvalue weighted by atomic mass is 10.1. The third-order valence-electron chi connectivity index (χ3n) is 5.85. The van der Waals surface area contributed by atoms with E-state index in [0.29, 0.717) is 6.61 Å². The number of rotatable bonds is 6. The summed E-state index contributed by atoms with van der Waals surface area (Å²) in [6, 6.07) is 6.22. The Bertz CT molecular complexity index is 1060. The third-order valence-corrected chi connectivity index (χ3v) is 6.81. The molecule has 0 radical (unpaired) electrons. The van der Waals surface area contributed by atoms with Crippen molar-refractivity contribution >= 4 is 17.2 Å². The smallest absolute Gasteiger partial charge is 0.264 e. The molecule has 0 unspecified atom stereocenters. The Morgan fingerprint density at radius 2 is 1.87 bits per heavy atom. The molecule has 0 atom stereocenters. The highest BCUT2D eigenvalue weighted by Gasteiger charge is 2.23. The van der Waals surface area contributed by atoms with Gasteiger partial charge in [-0.1, -0.05) is 6.07 Å². The van der Waals surface area contributed by atoms with E-state index in [4.69, 9.17) is 4.74 Å². The number of benzene rings is 1. The minimum absolute atomic E-state index is 0.125. The lowest BCUT2D eigenvalue weighted by Crippen LogP contribution is -2.48. The highest BCUT2D eigenvalue weighted by molar-refractivity contribution is 7.12. The van der Waals surface area contributed by atoms with Gasteiger partial charge in [-0.25, -0.2) is 0 Å². The molecule has 1 amide bonds. The molecule has 0 bridgehead atoms. The number of nitrogens with zero attached hydrogens (tertiary/aromatic N) is 4. The molecule has 3 heterocycles. The summed E-state index contributed by atoms with van der Waals surface area (Å²) in [7, 11) is 1.93. The van der Waals surface area contributed by atoms with Crippen LogP contribution in [0, 0.1) is 20.8 Å². The van der Waals surface area contributed by atoms with Crippen molar-refractivity contribution in [2.24, 2.45) is 7.05 Å². The second-order valence-corrected chi connectivity index (χ2v) is 9.31. The molecule has 1 saturated heterocycles. The minimum Gasteiger partial charge on any atom is -0.489 e. The molecule has 31 heavy (non-hydrogen) atoms. The molecule has 3 aromatic rings. The van der Waals surface area contributed by atoms with Crippen molar-refractivity contribution in [3.63, 3.8) is 0 Å². The fourth-order valence-electron chi connectivity index (χ4n) is 3.95. The van der Waals surface area contributed by atoms with Gasteiger partial charge >= 0.3 is 0 Å². The molecule has 4 rings (SSSR count). The van der Waals surface area contributed by atoms with E-state index in [1.807, 2.05) is 40.5 Å². The van der Waals surface area contributed by atoms with Crippen LogP contribution in [-0.4, -0.2) is 51.7 Å². The maximum atomic E-state index is 13.0. The molecule has 0 spiro atoms. The number of aryl methyl sites for hydroxylation is 3. The van der Waals surface area contributed by atoms with E-state index in [0.717, 1.165) is 48.9 Å². The van der Waals surface area contributed by atoms with E-state index >= 15 is 0 Å². The zero-order chi connectivity index (χ0) is 22.0. The maximum absolute atomic E-state index is 13.0. The second-order valence-electron chi connectivity index (χ2n) is 8.40. The van der Waals surface area contributed by atoms with E-state index in [1.54, 1.807) is 0 Å². The molecular weight excluding hydrogens is 408 g/mol. The van der Waals surface area contributed by atoms with Gasteiger partial charge in [0, 0.05) is 57.1 Å². The van der Waals surface area contributed by atoms with Gasteiger partial charge in [0.15, 0.2) is 0 Å². The number of carbonyl (C=O) groups is 1. The standard InChI is InChI=1S/C24H30N4O2S/c1-17-9-18(2)19(3)22(10-17)30-15-20-11-23(31-16-20)24(29)28-7-5-27(6-8-28)14-21-12-25-26(4)13-21/h9-13,16H,5-8,14-15H2,1-4H3. The SMILES string of the molecule is Cc1cc(C)c(C)c(OCc2csc(C(=O)N3CCN(Cc4cnn(C)c4)CC3)c2)c1. The Labute approximate surface area is 188 Å². The number of thiophene rings is 1. The van der Waals surface area contributed by atoms with Crippen LogP contribution in [-0.2, 0) is 20.2 Å². The molecule has 1 fully saturated rings. The van der Waals surface area contributed by atoms with Crippen LogP contribution in [0.3, 0.4) is 0 Å². The van der Waals surface area contributed by atoms with Crippen LogP contribution >= 0.6 is 11.3 Å². The Hall–Kier alpha value is -2.64. The Morgan fingerprint density at radius 1 is 1.10 bits per heavy atom. The van der Waals surface area contributed by atoms with Gasteiger partial charge in [0.25, 0.3) is 5.91 Å². The normalized spacial score (nSPS) is 14.8. The molecule has 6 nitrogen and oxygen atoms in total. The van der Waals surface area contributed by atoms with Gasteiger partial charge in [-0.05, 0) is 55.0 Å². The Kier molecular flexibility index (Phi) is 6.43. The summed E-state index contributed by atoms with van der Waals surface area (Å²) in [4.78, 5) is 18.1. The molecule has 1 aliphatic rings. The van der Waals surface area contributed by atoms with Gasteiger partial charge in [0.05, 0.1) is 11.1 Å². The first kappa shape index (κ1) is 21.6. The maximum Gasteiger partial charge on any atom is 0.264 e. The van der Waals surface area contributed by atoms with Crippen molar-refractivity contribution in [2.75, 3.05) is 26.2 Å².